The second kappa shape index (κ2) is 5.60. The Morgan fingerprint density at radius 1 is 1.08 bits per heavy atom. The van der Waals surface area contributed by atoms with E-state index in [4.69, 9.17) is 4.42 Å². The maximum Gasteiger partial charge on any atom is 0.179 e. The van der Waals surface area contributed by atoms with Crippen LogP contribution in [0.4, 0.5) is 0 Å². The van der Waals surface area contributed by atoms with Crippen molar-refractivity contribution in [2.45, 2.75) is 0 Å². The number of nitrogens with one attached hydrogen (secondary N) is 3. The summed E-state index contributed by atoms with van der Waals surface area (Å²) in [5.74, 6) is 1.33. The van der Waals surface area contributed by atoms with Crippen LogP contribution in [0.3, 0.4) is 0 Å². The van der Waals surface area contributed by atoms with E-state index in [-0.39, 0.29) is 0 Å². The predicted octanol–water partition coefficient (Wildman–Crippen LogP) is 4.18. The van der Waals surface area contributed by atoms with E-state index in [1.54, 1.807) is 30.0 Å². The molecule has 0 aromatic carbocycles. The summed E-state index contributed by atoms with van der Waals surface area (Å²) in [5.41, 5.74) is 4.47. The number of thiophene rings is 1. The van der Waals surface area contributed by atoms with Gasteiger partial charge < -0.3 is 14.4 Å². The van der Waals surface area contributed by atoms with E-state index in [0.717, 1.165) is 27.4 Å². The van der Waals surface area contributed by atoms with Gasteiger partial charge in [0.25, 0.3) is 0 Å². The fourth-order valence-corrected chi connectivity index (χ4v) is 3.53. The molecule has 0 spiro atoms. The van der Waals surface area contributed by atoms with Gasteiger partial charge in [-0.1, -0.05) is 6.07 Å². The normalized spacial score (nSPS) is 11.2. The van der Waals surface area contributed by atoms with Gasteiger partial charge in [-0.25, -0.2) is 4.98 Å². The number of hydrogen-bond acceptors (Lipinski definition) is 5. The molecule has 7 nitrogen and oxygen atoms in total. The Labute approximate surface area is 145 Å². The molecule has 0 aliphatic carbocycles. The van der Waals surface area contributed by atoms with E-state index < -0.39 is 0 Å². The monoisotopic (exact) mass is 348 g/mol. The highest BCUT2D eigenvalue weighted by Crippen LogP contribution is 2.41. The zero-order chi connectivity index (χ0) is 16.6. The molecular formula is C17H12N6OS. The fraction of sp³-hybridized carbons (Fsp3) is 0. The fourth-order valence-electron chi connectivity index (χ4n) is 2.80. The molecule has 0 unspecified atom stereocenters. The Kier molecular flexibility index (Phi) is 3.14. The molecule has 0 saturated carbocycles. The summed E-state index contributed by atoms with van der Waals surface area (Å²) in [6, 6.07) is 8.09. The summed E-state index contributed by atoms with van der Waals surface area (Å²) < 4.78 is 5.91. The van der Waals surface area contributed by atoms with E-state index in [0.29, 0.717) is 17.3 Å². The van der Waals surface area contributed by atoms with Gasteiger partial charge >= 0.3 is 0 Å². The van der Waals surface area contributed by atoms with Crippen molar-refractivity contribution in [3.63, 3.8) is 0 Å². The highest BCUT2D eigenvalue weighted by molar-refractivity contribution is 7.13. The van der Waals surface area contributed by atoms with Crippen molar-refractivity contribution < 1.29 is 4.42 Å². The minimum atomic E-state index is 0.644. The standard InChI is InChI=1S/C17H12N6OS/c1-3-11(18-5-1)15-10(14-4-2-6-25-14)9-24-16(15)17-19-7-12(21-17)13-8-20-23-22-13/h1-9,18H,(H,19,21)(H,20,22,23). The number of H-pyrrole nitrogens is 3. The second-order valence-corrected chi connectivity index (χ2v) is 6.36. The molecule has 5 rings (SSSR count). The SMILES string of the molecule is c1c[nH]c(-c2c(-c3cccs3)coc2-c2ncc(-c3cn[nH]n3)[nH]2)c1. The van der Waals surface area contributed by atoms with Crippen molar-refractivity contribution in [3.05, 3.63) is 54.5 Å². The number of aromatic nitrogens is 6. The first-order valence-electron chi connectivity index (χ1n) is 7.61. The average molecular weight is 348 g/mol. The maximum atomic E-state index is 5.91. The van der Waals surface area contributed by atoms with Crippen LogP contribution in [0.15, 0.2) is 58.9 Å². The van der Waals surface area contributed by atoms with Crippen LogP contribution < -0.4 is 0 Å². The quantitative estimate of drug-likeness (QED) is 0.454. The van der Waals surface area contributed by atoms with Crippen LogP contribution in [0.5, 0.6) is 0 Å². The van der Waals surface area contributed by atoms with Gasteiger partial charge in [0.1, 0.15) is 12.0 Å². The van der Waals surface area contributed by atoms with Gasteiger partial charge in [0, 0.05) is 16.6 Å². The Balaban J connectivity index is 1.67. The van der Waals surface area contributed by atoms with Gasteiger partial charge in [-0.05, 0) is 23.6 Å². The lowest BCUT2D eigenvalue weighted by Crippen LogP contribution is -1.85. The third kappa shape index (κ3) is 2.31. The zero-order valence-corrected chi connectivity index (χ0v) is 13.7. The molecule has 0 amide bonds. The largest absolute Gasteiger partial charge is 0.460 e. The molecular weight excluding hydrogens is 336 g/mol. The van der Waals surface area contributed by atoms with Crippen molar-refractivity contribution in [2.24, 2.45) is 0 Å². The molecule has 122 valence electrons. The first-order chi connectivity index (χ1) is 12.4. The van der Waals surface area contributed by atoms with Crippen molar-refractivity contribution in [1.29, 1.82) is 0 Å². The Morgan fingerprint density at radius 2 is 2.08 bits per heavy atom. The molecule has 0 fully saturated rings. The Bertz CT molecular complexity index is 1090. The molecule has 3 N–H and O–H groups in total. The number of hydrogen-bond donors (Lipinski definition) is 3. The first kappa shape index (κ1) is 14.0. The molecule has 5 aromatic rings. The van der Waals surface area contributed by atoms with Crippen molar-refractivity contribution in [3.8, 4) is 44.7 Å². The zero-order valence-electron chi connectivity index (χ0n) is 12.9. The molecule has 25 heavy (non-hydrogen) atoms. The van der Waals surface area contributed by atoms with E-state index in [1.165, 1.54) is 0 Å². The molecule has 0 aliphatic rings. The lowest BCUT2D eigenvalue weighted by molar-refractivity contribution is 0.579. The molecule has 8 heteroatoms. The van der Waals surface area contributed by atoms with Crippen molar-refractivity contribution in [2.75, 3.05) is 0 Å². The van der Waals surface area contributed by atoms with E-state index in [1.807, 2.05) is 24.4 Å². The summed E-state index contributed by atoms with van der Waals surface area (Å²) in [6.45, 7) is 0. The molecule has 0 bridgehead atoms. The Morgan fingerprint density at radius 3 is 2.84 bits per heavy atom. The predicted molar refractivity (Wildman–Crippen MR) is 94.8 cm³/mol. The third-order valence-corrected chi connectivity index (χ3v) is 4.83. The van der Waals surface area contributed by atoms with Crippen LogP contribution in [-0.4, -0.2) is 30.4 Å². The van der Waals surface area contributed by atoms with E-state index in [9.17, 15) is 0 Å². The van der Waals surface area contributed by atoms with Gasteiger partial charge in [0.15, 0.2) is 11.6 Å². The van der Waals surface area contributed by atoms with Crippen molar-refractivity contribution in [1.82, 2.24) is 30.4 Å². The summed E-state index contributed by atoms with van der Waals surface area (Å²) >= 11 is 1.67. The molecule has 5 aromatic heterocycles. The summed E-state index contributed by atoms with van der Waals surface area (Å²) in [5, 5.41) is 12.5. The molecule has 0 saturated heterocycles. The summed E-state index contributed by atoms with van der Waals surface area (Å²) in [6.07, 6.45) is 7.03. The van der Waals surface area contributed by atoms with E-state index in [2.05, 4.69) is 41.8 Å². The van der Waals surface area contributed by atoms with Crippen LogP contribution in [0.1, 0.15) is 0 Å². The molecule has 0 atom stereocenters. The number of furan rings is 1. The van der Waals surface area contributed by atoms with Crippen LogP contribution >= 0.6 is 11.3 Å². The smallest absolute Gasteiger partial charge is 0.179 e. The first-order valence-corrected chi connectivity index (χ1v) is 8.49. The number of imidazole rings is 1. The topological polar surface area (TPSA) is 99.2 Å². The maximum absolute atomic E-state index is 5.91. The number of rotatable bonds is 4. The second-order valence-electron chi connectivity index (χ2n) is 5.42. The lowest BCUT2D eigenvalue weighted by atomic mass is 10.1. The molecule has 5 heterocycles. The van der Waals surface area contributed by atoms with E-state index >= 15 is 0 Å². The highest BCUT2D eigenvalue weighted by Gasteiger charge is 2.22. The van der Waals surface area contributed by atoms with Crippen LogP contribution in [0.2, 0.25) is 0 Å². The van der Waals surface area contributed by atoms with Gasteiger partial charge in [-0.15, -0.1) is 11.3 Å². The van der Waals surface area contributed by atoms with Crippen molar-refractivity contribution >= 4 is 11.3 Å². The average Bonchev–Trinajstić information content (AvgIpc) is 3.48. The highest BCUT2D eigenvalue weighted by atomic mass is 32.1. The van der Waals surface area contributed by atoms with Crippen LogP contribution in [0, 0.1) is 0 Å². The molecule has 0 aliphatic heterocycles. The minimum absolute atomic E-state index is 0.644. The third-order valence-electron chi connectivity index (χ3n) is 3.93. The van der Waals surface area contributed by atoms with Gasteiger partial charge in [0.05, 0.1) is 29.3 Å². The van der Waals surface area contributed by atoms with Gasteiger partial charge in [0.2, 0.25) is 0 Å². The molecule has 0 radical (unpaired) electrons. The number of nitrogens with zero attached hydrogens (tertiary/aromatic N) is 3. The minimum Gasteiger partial charge on any atom is -0.460 e. The Hall–Kier alpha value is -3.39. The van der Waals surface area contributed by atoms with Gasteiger partial charge in [-0.2, -0.15) is 15.4 Å². The van der Waals surface area contributed by atoms with Crippen LogP contribution in [-0.2, 0) is 0 Å². The van der Waals surface area contributed by atoms with Gasteiger partial charge in [-0.3, -0.25) is 0 Å². The van der Waals surface area contributed by atoms with Crippen LogP contribution in [0.25, 0.3) is 44.7 Å². The lowest BCUT2D eigenvalue weighted by Gasteiger charge is -2.01. The summed E-state index contributed by atoms with van der Waals surface area (Å²) in [7, 11) is 0. The number of aromatic amines is 3. The summed E-state index contributed by atoms with van der Waals surface area (Å²) in [4.78, 5) is 12.1.